The molecule has 2 unspecified atom stereocenters. The number of rotatable bonds is 4. The number of halogens is 1. The number of nitriles is 1. The van der Waals surface area contributed by atoms with Crippen LogP contribution in [0.3, 0.4) is 0 Å². The molecule has 0 aliphatic heterocycles. The number of nitrogens with zero attached hydrogens (tertiary/aromatic N) is 1. The zero-order valence-corrected chi connectivity index (χ0v) is 9.63. The zero-order valence-electron chi connectivity index (χ0n) is 9.63. The Balaban J connectivity index is 2.92. The van der Waals surface area contributed by atoms with Gasteiger partial charge in [-0.3, -0.25) is 4.79 Å². The van der Waals surface area contributed by atoms with Crippen molar-refractivity contribution >= 4 is 5.97 Å². The maximum absolute atomic E-state index is 13.4. The number of aliphatic hydroxyl groups excluding tert-OH is 2. The first-order valence-corrected chi connectivity index (χ1v) is 5.12. The Labute approximate surface area is 103 Å². The van der Waals surface area contributed by atoms with Crippen molar-refractivity contribution in [2.45, 2.75) is 18.6 Å². The summed E-state index contributed by atoms with van der Waals surface area (Å²) in [4.78, 5) is 10.9. The van der Waals surface area contributed by atoms with Gasteiger partial charge >= 0.3 is 5.97 Å². The second kappa shape index (κ2) is 6.10. The van der Waals surface area contributed by atoms with Gasteiger partial charge in [-0.25, -0.2) is 4.39 Å². The number of ether oxygens (including phenoxy) is 1. The van der Waals surface area contributed by atoms with Gasteiger partial charge in [0.2, 0.25) is 0 Å². The van der Waals surface area contributed by atoms with Crippen LogP contribution >= 0.6 is 0 Å². The summed E-state index contributed by atoms with van der Waals surface area (Å²) in [6, 6.07) is 5.18. The van der Waals surface area contributed by atoms with Crippen molar-refractivity contribution in [3.63, 3.8) is 0 Å². The molecule has 5 nitrogen and oxygen atoms in total. The Morgan fingerprint density at radius 3 is 2.78 bits per heavy atom. The van der Waals surface area contributed by atoms with Crippen LogP contribution in [0.2, 0.25) is 0 Å². The normalized spacial score (nSPS) is 13.5. The second-order valence-corrected chi connectivity index (χ2v) is 3.64. The van der Waals surface area contributed by atoms with Gasteiger partial charge < -0.3 is 14.9 Å². The Kier molecular flexibility index (Phi) is 4.77. The maximum atomic E-state index is 13.4. The molecule has 0 spiro atoms. The minimum atomic E-state index is -1.60. The first kappa shape index (κ1) is 14.1. The van der Waals surface area contributed by atoms with Crippen molar-refractivity contribution in [2.24, 2.45) is 0 Å². The third-order valence-corrected chi connectivity index (χ3v) is 2.41. The van der Waals surface area contributed by atoms with E-state index in [1.54, 1.807) is 6.07 Å². The molecule has 96 valence electrons. The lowest BCUT2D eigenvalue weighted by atomic mass is 10.00. The van der Waals surface area contributed by atoms with Crippen LogP contribution in [0.5, 0.6) is 0 Å². The molecule has 0 aliphatic carbocycles. The fraction of sp³-hybridized carbons (Fsp3) is 0.333. The molecule has 2 atom stereocenters. The minimum Gasteiger partial charge on any atom is -0.469 e. The largest absolute Gasteiger partial charge is 0.469 e. The van der Waals surface area contributed by atoms with Crippen molar-refractivity contribution in [1.29, 1.82) is 5.26 Å². The lowest BCUT2D eigenvalue weighted by Crippen LogP contribution is -2.23. The Morgan fingerprint density at radius 2 is 2.22 bits per heavy atom. The number of carbonyl (C=O) groups is 1. The highest BCUT2D eigenvalue weighted by atomic mass is 19.1. The van der Waals surface area contributed by atoms with E-state index < -0.39 is 30.4 Å². The van der Waals surface area contributed by atoms with Crippen LogP contribution in [0.25, 0.3) is 0 Å². The predicted octanol–water partition coefficient (Wildman–Crippen LogP) is 0.655. The standard InChI is InChI=1S/C12H12FNO4/c1-18-11(16)5-10(15)12(17)8-4-7(6-14)2-3-9(8)13/h2-4,10,12,15,17H,5H2,1H3. The first-order valence-electron chi connectivity index (χ1n) is 5.12. The van der Waals surface area contributed by atoms with Gasteiger partial charge in [0.05, 0.1) is 31.3 Å². The van der Waals surface area contributed by atoms with Crippen LogP contribution in [-0.4, -0.2) is 29.4 Å². The monoisotopic (exact) mass is 253 g/mol. The Hall–Kier alpha value is -1.97. The summed E-state index contributed by atoms with van der Waals surface area (Å²) in [6.45, 7) is 0. The van der Waals surface area contributed by atoms with Gasteiger partial charge in [0.15, 0.2) is 0 Å². The molecule has 1 aromatic rings. The molecular weight excluding hydrogens is 241 g/mol. The Bertz CT molecular complexity index is 483. The van der Waals surface area contributed by atoms with Crippen LogP contribution in [0, 0.1) is 17.1 Å². The molecule has 0 bridgehead atoms. The molecule has 0 radical (unpaired) electrons. The number of hydrogen-bond donors (Lipinski definition) is 2. The molecular formula is C12H12FNO4. The van der Waals surface area contributed by atoms with Gasteiger partial charge in [-0.2, -0.15) is 5.26 Å². The lowest BCUT2D eigenvalue weighted by molar-refractivity contribution is -0.144. The first-order chi connectivity index (χ1) is 8.49. The van der Waals surface area contributed by atoms with Crippen LogP contribution in [0.1, 0.15) is 23.7 Å². The molecule has 1 rings (SSSR count). The van der Waals surface area contributed by atoms with Gasteiger partial charge in [-0.1, -0.05) is 0 Å². The molecule has 0 fully saturated rings. The van der Waals surface area contributed by atoms with Crippen LogP contribution in [-0.2, 0) is 9.53 Å². The van der Waals surface area contributed by atoms with Gasteiger partial charge in [0.1, 0.15) is 11.9 Å². The third kappa shape index (κ3) is 3.26. The highest BCUT2D eigenvalue weighted by molar-refractivity contribution is 5.69. The molecule has 0 aromatic heterocycles. The van der Waals surface area contributed by atoms with E-state index >= 15 is 0 Å². The molecule has 0 saturated heterocycles. The van der Waals surface area contributed by atoms with Crippen LogP contribution < -0.4 is 0 Å². The van der Waals surface area contributed by atoms with Crippen molar-refractivity contribution < 1.29 is 24.1 Å². The summed E-state index contributed by atoms with van der Waals surface area (Å²) >= 11 is 0. The van der Waals surface area contributed by atoms with E-state index in [4.69, 9.17) is 5.26 Å². The molecule has 6 heteroatoms. The lowest BCUT2D eigenvalue weighted by Gasteiger charge is -2.17. The van der Waals surface area contributed by atoms with Gasteiger partial charge in [-0.05, 0) is 18.2 Å². The highest BCUT2D eigenvalue weighted by Gasteiger charge is 2.24. The van der Waals surface area contributed by atoms with E-state index in [-0.39, 0.29) is 11.1 Å². The van der Waals surface area contributed by atoms with Gasteiger partial charge in [0, 0.05) is 5.56 Å². The van der Waals surface area contributed by atoms with Crippen LogP contribution in [0.15, 0.2) is 18.2 Å². The number of hydrogen-bond acceptors (Lipinski definition) is 5. The summed E-state index contributed by atoms with van der Waals surface area (Å²) < 4.78 is 17.8. The fourth-order valence-corrected chi connectivity index (χ4v) is 1.41. The van der Waals surface area contributed by atoms with Crippen LogP contribution in [0.4, 0.5) is 4.39 Å². The van der Waals surface area contributed by atoms with Crippen molar-refractivity contribution in [1.82, 2.24) is 0 Å². The molecule has 0 saturated carbocycles. The second-order valence-electron chi connectivity index (χ2n) is 3.64. The summed E-state index contributed by atoms with van der Waals surface area (Å²) in [5, 5.41) is 28.0. The Morgan fingerprint density at radius 1 is 1.56 bits per heavy atom. The molecule has 0 amide bonds. The topological polar surface area (TPSA) is 90.6 Å². The molecule has 18 heavy (non-hydrogen) atoms. The van der Waals surface area contributed by atoms with E-state index in [1.807, 2.05) is 0 Å². The number of esters is 1. The molecule has 2 N–H and O–H groups in total. The number of carbonyl (C=O) groups excluding carboxylic acids is 1. The van der Waals surface area contributed by atoms with Gasteiger partial charge in [0.25, 0.3) is 0 Å². The zero-order chi connectivity index (χ0) is 13.7. The summed E-state index contributed by atoms with van der Waals surface area (Å²) in [6.07, 6.45) is -3.56. The van der Waals surface area contributed by atoms with E-state index in [0.717, 1.165) is 19.2 Å². The highest BCUT2D eigenvalue weighted by Crippen LogP contribution is 2.23. The number of aliphatic hydroxyl groups is 2. The van der Waals surface area contributed by atoms with E-state index in [0.29, 0.717) is 0 Å². The van der Waals surface area contributed by atoms with E-state index in [9.17, 15) is 19.4 Å². The summed E-state index contributed by atoms with van der Waals surface area (Å²) in [5.41, 5.74) is -0.0822. The van der Waals surface area contributed by atoms with Gasteiger partial charge in [-0.15, -0.1) is 0 Å². The quantitative estimate of drug-likeness (QED) is 0.769. The molecule has 1 aromatic carbocycles. The number of methoxy groups -OCH3 is 1. The van der Waals surface area contributed by atoms with Crippen molar-refractivity contribution in [3.8, 4) is 6.07 Å². The maximum Gasteiger partial charge on any atom is 0.308 e. The average molecular weight is 253 g/mol. The number of benzene rings is 1. The van der Waals surface area contributed by atoms with Crippen molar-refractivity contribution in [3.05, 3.63) is 35.1 Å². The van der Waals surface area contributed by atoms with Crippen molar-refractivity contribution in [2.75, 3.05) is 7.11 Å². The smallest absolute Gasteiger partial charge is 0.308 e. The average Bonchev–Trinajstić information content (AvgIpc) is 2.38. The minimum absolute atomic E-state index is 0.149. The fourth-order valence-electron chi connectivity index (χ4n) is 1.41. The predicted molar refractivity (Wildman–Crippen MR) is 58.7 cm³/mol. The molecule has 0 aliphatic rings. The third-order valence-electron chi connectivity index (χ3n) is 2.41. The van der Waals surface area contributed by atoms with E-state index in [2.05, 4.69) is 4.74 Å². The van der Waals surface area contributed by atoms with E-state index in [1.165, 1.54) is 6.07 Å². The summed E-state index contributed by atoms with van der Waals surface area (Å²) in [7, 11) is 1.14. The molecule has 0 heterocycles. The summed E-state index contributed by atoms with van der Waals surface area (Å²) in [5.74, 6) is -1.48. The SMILES string of the molecule is COC(=O)CC(O)C(O)c1cc(C#N)ccc1F.